The van der Waals surface area contributed by atoms with Crippen LogP contribution in [0.1, 0.15) is 19.8 Å². The number of piperidine rings is 1. The molecule has 1 N–H and O–H groups in total. The van der Waals surface area contributed by atoms with E-state index >= 15 is 0 Å². The molecule has 10 heteroatoms. The van der Waals surface area contributed by atoms with Crippen LogP contribution in [0.25, 0.3) is 11.3 Å². The lowest BCUT2D eigenvalue weighted by atomic mass is 9.97. The number of rotatable bonds is 6. The van der Waals surface area contributed by atoms with Crippen LogP contribution in [0, 0.1) is 5.92 Å². The molecule has 0 spiro atoms. The molecule has 0 aliphatic carbocycles. The SMILES string of the molecule is CCSc1nnc(NC(=O)C2CCCN(c3ccc(-c4ccc(Cl)cc4)nn3)C2)s1. The quantitative estimate of drug-likeness (QED) is 0.424. The number of aromatic nitrogens is 4. The second-order valence-corrected chi connectivity index (χ2v) is 9.79. The smallest absolute Gasteiger partial charge is 0.231 e. The van der Waals surface area contributed by atoms with Gasteiger partial charge in [0.05, 0.1) is 11.6 Å². The average molecular weight is 461 g/mol. The van der Waals surface area contributed by atoms with E-state index in [1.165, 1.54) is 11.3 Å². The number of hydrogen-bond donors (Lipinski definition) is 1. The first kappa shape index (κ1) is 21.0. The van der Waals surface area contributed by atoms with Crippen LogP contribution in [-0.4, -0.2) is 45.1 Å². The van der Waals surface area contributed by atoms with Gasteiger partial charge in [-0.05, 0) is 42.9 Å². The third kappa shape index (κ3) is 5.08. The van der Waals surface area contributed by atoms with E-state index < -0.39 is 0 Å². The number of hydrogen-bond acceptors (Lipinski definition) is 8. The minimum absolute atomic E-state index is 0.0188. The van der Waals surface area contributed by atoms with Crippen LogP contribution in [0.4, 0.5) is 10.9 Å². The van der Waals surface area contributed by atoms with Gasteiger partial charge in [-0.25, -0.2) is 0 Å². The van der Waals surface area contributed by atoms with E-state index in [1.807, 2.05) is 36.4 Å². The number of carbonyl (C=O) groups is 1. The molecule has 2 aromatic heterocycles. The molecule has 0 bridgehead atoms. The number of amides is 1. The number of halogens is 1. The van der Waals surface area contributed by atoms with Crippen molar-refractivity contribution in [3.63, 3.8) is 0 Å². The molecule has 1 amide bonds. The van der Waals surface area contributed by atoms with E-state index in [9.17, 15) is 4.79 Å². The van der Waals surface area contributed by atoms with Gasteiger partial charge in [-0.2, -0.15) is 0 Å². The van der Waals surface area contributed by atoms with Crippen molar-refractivity contribution in [2.45, 2.75) is 24.1 Å². The number of carbonyl (C=O) groups excluding carboxylic acids is 1. The number of nitrogens with one attached hydrogen (secondary N) is 1. The number of thioether (sulfide) groups is 1. The molecule has 3 aromatic rings. The van der Waals surface area contributed by atoms with Gasteiger partial charge in [0.2, 0.25) is 11.0 Å². The maximum Gasteiger partial charge on any atom is 0.231 e. The van der Waals surface area contributed by atoms with Gasteiger partial charge in [0.15, 0.2) is 10.2 Å². The van der Waals surface area contributed by atoms with Crippen molar-refractivity contribution in [3.8, 4) is 11.3 Å². The van der Waals surface area contributed by atoms with Crippen molar-refractivity contribution >= 4 is 51.6 Å². The van der Waals surface area contributed by atoms with Crippen molar-refractivity contribution in [1.82, 2.24) is 20.4 Å². The normalized spacial score (nSPS) is 16.5. The van der Waals surface area contributed by atoms with Crippen molar-refractivity contribution in [3.05, 3.63) is 41.4 Å². The van der Waals surface area contributed by atoms with Gasteiger partial charge in [-0.3, -0.25) is 4.79 Å². The zero-order valence-electron chi connectivity index (χ0n) is 16.4. The Labute approximate surface area is 188 Å². The fourth-order valence-corrected chi connectivity index (χ4v) is 5.10. The molecular weight excluding hydrogens is 440 g/mol. The fourth-order valence-electron chi connectivity index (χ4n) is 3.32. The maximum absolute atomic E-state index is 12.7. The topological polar surface area (TPSA) is 83.9 Å². The van der Waals surface area contributed by atoms with Crippen LogP contribution < -0.4 is 10.2 Å². The lowest BCUT2D eigenvalue weighted by Crippen LogP contribution is -2.41. The Morgan fingerprint density at radius 1 is 1.20 bits per heavy atom. The Bertz CT molecular complexity index is 995. The summed E-state index contributed by atoms with van der Waals surface area (Å²) in [6, 6.07) is 11.4. The van der Waals surface area contributed by atoms with Crippen LogP contribution in [-0.2, 0) is 4.79 Å². The molecule has 156 valence electrons. The summed E-state index contributed by atoms with van der Waals surface area (Å²) in [4.78, 5) is 14.8. The molecule has 0 saturated carbocycles. The highest BCUT2D eigenvalue weighted by molar-refractivity contribution is 8.01. The monoisotopic (exact) mass is 460 g/mol. The summed E-state index contributed by atoms with van der Waals surface area (Å²) >= 11 is 8.98. The van der Waals surface area contributed by atoms with Crippen LogP contribution in [0.5, 0.6) is 0 Å². The minimum atomic E-state index is -0.123. The summed E-state index contributed by atoms with van der Waals surface area (Å²) in [7, 11) is 0. The summed E-state index contributed by atoms with van der Waals surface area (Å²) in [5.74, 6) is 1.57. The first-order valence-corrected chi connectivity index (χ1v) is 11.9. The molecule has 7 nitrogen and oxygen atoms in total. The van der Waals surface area contributed by atoms with Gasteiger partial charge >= 0.3 is 0 Å². The first-order valence-electron chi connectivity index (χ1n) is 9.74. The Hall–Kier alpha value is -2.23. The second-order valence-electron chi connectivity index (χ2n) is 6.86. The maximum atomic E-state index is 12.7. The molecule has 1 fully saturated rings. The lowest BCUT2D eigenvalue weighted by molar-refractivity contribution is -0.120. The standard InChI is InChI=1S/C20H21ClN6OS2/c1-2-29-20-26-25-19(30-20)22-18(28)14-4-3-11-27(12-14)17-10-9-16(23-24-17)13-5-7-15(21)8-6-13/h5-10,14H,2-4,11-12H2,1H3,(H,22,25,28). The fraction of sp³-hybridized carbons (Fsp3) is 0.350. The number of benzene rings is 1. The van der Waals surface area contributed by atoms with Gasteiger partial charge in [0.1, 0.15) is 0 Å². The van der Waals surface area contributed by atoms with Crippen molar-refractivity contribution in [1.29, 1.82) is 0 Å². The van der Waals surface area contributed by atoms with Crippen LogP contribution in [0.3, 0.4) is 0 Å². The van der Waals surface area contributed by atoms with E-state index in [-0.39, 0.29) is 11.8 Å². The van der Waals surface area contributed by atoms with Gasteiger partial charge < -0.3 is 10.2 Å². The zero-order chi connectivity index (χ0) is 20.9. The number of nitrogens with zero attached hydrogens (tertiary/aromatic N) is 5. The summed E-state index contributed by atoms with van der Waals surface area (Å²) in [6.07, 6.45) is 1.76. The zero-order valence-corrected chi connectivity index (χ0v) is 18.8. The Morgan fingerprint density at radius 2 is 2.03 bits per heavy atom. The molecule has 1 atom stereocenters. The average Bonchev–Trinajstić information content (AvgIpc) is 3.21. The third-order valence-corrected chi connectivity index (χ3v) is 6.92. The minimum Gasteiger partial charge on any atom is -0.354 e. The molecule has 1 aliphatic rings. The van der Waals surface area contributed by atoms with Crippen molar-refractivity contribution in [2.75, 3.05) is 29.1 Å². The van der Waals surface area contributed by atoms with E-state index in [2.05, 4.69) is 37.5 Å². The van der Waals surface area contributed by atoms with Crippen molar-refractivity contribution < 1.29 is 4.79 Å². The highest BCUT2D eigenvalue weighted by Gasteiger charge is 2.27. The molecule has 4 rings (SSSR count). The van der Waals surface area contributed by atoms with Crippen LogP contribution >= 0.6 is 34.7 Å². The van der Waals surface area contributed by atoms with Gasteiger partial charge in [-0.15, -0.1) is 20.4 Å². The summed E-state index contributed by atoms with van der Waals surface area (Å²) in [5, 5.41) is 21.1. The first-order chi connectivity index (χ1) is 14.6. The van der Waals surface area contributed by atoms with Crippen LogP contribution in [0.2, 0.25) is 5.02 Å². The number of anilines is 2. The van der Waals surface area contributed by atoms with Gasteiger partial charge in [0, 0.05) is 23.7 Å². The highest BCUT2D eigenvalue weighted by atomic mass is 35.5. The van der Waals surface area contributed by atoms with Gasteiger partial charge in [0.25, 0.3) is 0 Å². The molecule has 1 saturated heterocycles. The highest BCUT2D eigenvalue weighted by Crippen LogP contribution is 2.27. The lowest BCUT2D eigenvalue weighted by Gasteiger charge is -2.32. The molecule has 1 aromatic carbocycles. The summed E-state index contributed by atoms with van der Waals surface area (Å²) in [5.41, 5.74) is 1.76. The van der Waals surface area contributed by atoms with Gasteiger partial charge in [-0.1, -0.05) is 53.8 Å². The van der Waals surface area contributed by atoms with E-state index in [0.717, 1.165) is 46.6 Å². The summed E-state index contributed by atoms with van der Waals surface area (Å²) < 4.78 is 0.870. The van der Waals surface area contributed by atoms with Crippen molar-refractivity contribution in [2.24, 2.45) is 5.92 Å². The Balaban J connectivity index is 1.39. The predicted molar refractivity (Wildman–Crippen MR) is 122 cm³/mol. The Morgan fingerprint density at radius 3 is 2.77 bits per heavy atom. The van der Waals surface area contributed by atoms with E-state index in [0.29, 0.717) is 16.7 Å². The molecule has 1 unspecified atom stereocenters. The molecule has 1 aliphatic heterocycles. The third-order valence-electron chi connectivity index (χ3n) is 4.81. The predicted octanol–water partition coefficient (Wildman–Crippen LogP) is 4.62. The largest absolute Gasteiger partial charge is 0.354 e. The molecule has 0 radical (unpaired) electrons. The second kappa shape index (κ2) is 9.72. The van der Waals surface area contributed by atoms with Crippen LogP contribution in [0.15, 0.2) is 40.7 Å². The molecular formula is C20H21ClN6OS2. The molecule has 3 heterocycles. The van der Waals surface area contributed by atoms with E-state index in [4.69, 9.17) is 11.6 Å². The summed E-state index contributed by atoms with van der Waals surface area (Å²) in [6.45, 7) is 3.52. The van der Waals surface area contributed by atoms with E-state index in [1.54, 1.807) is 11.8 Å². The Kier molecular flexibility index (Phi) is 6.81. The molecule has 30 heavy (non-hydrogen) atoms.